The molecule has 0 spiro atoms. The van der Waals surface area contributed by atoms with Gasteiger partial charge in [-0.25, -0.2) is 19.3 Å². The van der Waals surface area contributed by atoms with Crippen LogP contribution in [0.15, 0.2) is 60.1 Å². The van der Waals surface area contributed by atoms with Crippen molar-refractivity contribution >= 4 is 23.4 Å². The van der Waals surface area contributed by atoms with Gasteiger partial charge in [0.25, 0.3) is 0 Å². The predicted octanol–water partition coefficient (Wildman–Crippen LogP) is 6.37. The number of imidazole rings is 1. The second-order valence-corrected chi connectivity index (χ2v) is 9.60. The van der Waals surface area contributed by atoms with Crippen molar-refractivity contribution < 1.29 is 4.39 Å². The lowest BCUT2D eigenvalue weighted by Gasteiger charge is -2.26. The maximum absolute atomic E-state index is 13.6. The molecule has 1 aliphatic heterocycles. The van der Waals surface area contributed by atoms with Crippen LogP contribution < -0.4 is 5.32 Å². The Morgan fingerprint density at radius 2 is 1.94 bits per heavy atom. The lowest BCUT2D eigenvalue weighted by atomic mass is 9.93. The van der Waals surface area contributed by atoms with Crippen molar-refractivity contribution in [2.45, 2.75) is 44.2 Å². The Hall–Kier alpha value is -3.32. The Balaban J connectivity index is 1.45. The number of nitrogens with one attached hydrogen (secondary N) is 1. The molecule has 0 amide bonds. The van der Waals surface area contributed by atoms with Crippen LogP contribution >= 0.6 is 11.3 Å². The average Bonchev–Trinajstić information content (AvgIpc) is 3.53. The molecular formula is C26H24FN5S. The van der Waals surface area contributed by atoms with E-state index in [2.05, 4.69) is 44.5 Å². The summed E-state index contributed by atoms with van der Waals surface area (Å²) in [6, 6.07) is 13.3. The zero-order valence-corrected chi connectivity index (χ0v) is 18.9. The zero-order chi connectivity index (χ0) is 22.2. The largest absolute Gasteiger partial charge is 0.351 e. The van der Waals surface area contributed by atoms with E-state index < -0.39 is 0 Å². The highest BCUT2D eigenvalue weighted by molar-refractivity contribution is 7.10. The first-order chi connectivity index (χ1) is 16.2. The van der Waals surface area contributed by atoms with E-state index in [1.54, 1.807) is 23.5 Å². The van der Waals surface area contributed by atoms with Gasteiger partial charge in [-0.05, 0) is 73.5 Å². The minimum Gasteiger partial charge on any atom is -0.351 e. The van der Waals surface area contributed by atoms with Gasteiger partial charge in [-0.2, -0.15) is 0 Å². The molecule has 1 atom stereocenters. The van der Waals surface area contributed by atoms with E-state index in [1.807, 2.05) is 12.3 Å². The minimum absolute atomic E-state index is 0.191. The number of fused-ring (bicyclic) bond motifs is 1. The highest BCUT2D eigenvalue weighted by Gasteiger charge is 2.30. The van der Waals surface area contributed by atoms with Crippen LogP contribution in [0.4, 0.5) is 10.3 Å². The van der Waals surface area contributed by atoms with Crippen molar-refractivity contribution in [2.75, 3.05) is 5.32 Å². The number of thiophene rings is 1. The van der Waals surface area contributed by atoms with Crippen molar-refractivity contribution in [1.29, 1.82) is 0 Å². The molecule has 4 heterocycles. The summed E-state index contributed by atoms with van der Waals surface area (Å²) in [6.45, 7) is 0. The molecule has 3 aromatic heterocycles. The molecule has 4 aromatic rings. The van der Waals surface area contributed by atoms with Crippen LogP contribution in [0.5, 0.6) is 0 Å². The number of nitrogens with zero attached hydrogens (tertiary/aromatic N) is 4. The summed E-state index contributed by atoms with van der Waals surface area (Å²) in [6.07, 6.45) is 11.7. The number of hydrogen-bond acceptors (Lipinski definition) is 5. The zero-order valence-electron chi connectivity index (χ0n) is 18.1. The van der Waals surface area contributed by atoms with E-state index in [0.717, 1.165) is 54.2 Å². The molecule has 33 heavy (non-hydrogen) atoms. The number of aromatic nitrogens is 4. The number of rotatable bonds is 6. The van der Waals surface area contributed by atoms with Gasteiger partial charge < -0.3 is 9.88 Å². The number of benzene rings is 1. The Bertz CT molecular complexity index is 1290. The Morgan fingerprint density at radius 1 is 1.06 bits per heavy atom. The normalized spacial score (nSPS) is 17.9. The van der Waals surface area contributed by atoms with Crippen LogP contribution in [0, 0.1) is 5.82 Å². The Kier molecular flexibility index (Phi) is 5.26. The van der Waals surface area contributed by atoms with Gasteiger partial charge in [0.05, 0.1) is 23.1 Å². The molecule has 2 aliphatic rings. The third-order valence-electron chi connectivity index (χ3n) is 6.46. The van der Waals surface area contributed by atoms with Gasteiger partial charge in [0, 0.05) is 29.1 Å². The van der Waals surface area contributed by atoms with Crippen LogP contribution in [0.1, 0.15) is 42.4 Å². The molecule has 0 bridgehead atoms. The highest BCUT2D eigenvalue weighted by atomic mass is 32.1. The summed E-state index contributed by atoms with van der Waals surface area (Å²) in [5, 5.41) is 5.55. The van der Waals surface area contributed by atoms with Crippen molar-refractivity contribution in [3.05, 3.63) is 76.6 Å². The van der Waals surface area contributed by atoms with E-state index >= 15 is 0 Å². The molecule has 6 rings (SSSR count). The van der Waals surface area contributed by atoms with Crippen LogP contribution in [0.2, 0.25) is 0 Å². The fraction of sp³-hybridized carbons (Fsp3) is 0.269. The molecule has 0 radical (unpaired) electrons. The molecule has 1 N–H and O–H groups in total. The molecule has 1 fully saturated rings. The number of anilines is 1. The molecule has 166 valence electrons. The number of halogens is 1. The van der Waals surface area contributed by atoms with Gasteiger partial charge in [-0.3, -0.25) is 0 Å². The maximum atomic E-state index is 13.6. The first kappa shape index (κ1) is 20.3. The van der Waals surface area contributed by atoms with Crippen molar-refractivity contribution in [3.63, 3.8) is 0 Å². The standard InChI is InChI=1S/C26H24FN5S/c27-18-8-6-17(7-9-18)24-25(22-14-15-28-26(30-22)29-19-3-1-4-19)32-20(11-13-23(32)31-24)10-12-21-5-2-16-33-21/h2,5-10,12,14-16,19-20H,1,3-4,11,13H2,(H,28,29,30)/t20-/m1/s1. The van der Waals surface area contributed by atoms with Gasteiger partial charge in [0.2, 0.25) is 5.95 Å². The molecule has 1 aliphatic carbocycles. The second-order valence-electron chi connectivity index (χ2n) is 8.62. The Morgan fingerprint density at radius 3 is 2.70 bits per heavy atom. The van der Waals surface area contributed by atoms with E-state index in [1.165, 1.54) is 23.4 Å². The topological polar surface area (TPSA) is 55.6 Å². The summed E-state index contributed by atoms with van der Waals surface area (Å²) in [7, 11) is 0. The minimum atomic E-state index is -0.252. The van der Waals surface area contributed by atoms with Gasteiger partial charge in [0.1, 0.15) is 11.6 Å². The third kappa shape index (κ3) is 3.97. The fourth-order valence-corrected chi connectivity index (χ4v) is 5.17. The molecular weight excluding hydrogens is 433 g/mol. The predicted molar refractivity (Wildman–Crippen MR) is 131 cm³/mol. The molecule has 0 saturated heterocycles. The van der Waals surface area contributed by atoms with Crippen LogP contribution in [-0.4, -0.2) is 25.6 Å². The maximum Gasteiger partial charge on any atom is 0.223 e. The SMILES string of the molecule is Fc1ccc(-c2nc3n(c2-c2ccnc(NC4CCC4)n2)[C@H](C=Cc2cccs2)CC3)cc1. The molecule has 1 aromatic carbocycles. The lowest BCUT2D eigenvalue weighted by molar-refractivity contribution is 0.443. The van der Waals surface area contributed by atoms with Gasteiger partial charge in [0.15, 0.2) is 0 Å². The first-order valence-electron chi connectivity index (χ1n) is 11.4. The van der Waals surface area contributed by atoms with Crippen LogP contribution in [0.25, 0.3) is 28.7 Å². The highest BCUT2D eigenvalue weighted by Crippen LogP contribution is 2.40. The van der Waals surface area contributed by atoms with Crippen LogP contribution in [-0.2, 0) is 6.42 Å². The van der Waals surface area contributed by atoms with E-state index in [4.69, 9.17) is 9.97 Å². The van der Waals surface area contributed by atoms with E-state index in [-0.39, 0.29) is 11.9 Å². The second kappa shape index (κ2) is 8.56. The van der Waals surface area contributed by atoms with Crippen LogP contribution in [0.3, 0.4) is 0 Å². The fourth-order valence-electron chi connectivity index (χ4n) is 4.54. The van der Waals surface area contributed by atoms with Gasteiger partial charge >= 0.3 is 0 Å². The summed E-state index contributed by atoms with van der Waals surface area (Å²) in [5.74, 6) is 1.44. The van der Waals surface area contributed by atoms with Crippen molar-refractivity contribution in [3.8, 4) is 22.6 Å². The Labute approximate surface area is 196 Å². The summed E-state index contributed by atoms with van der Waals surface area (Å²) < 4.78 is 15.9. The first-order valence-corrected chi connectivity index (χ1v) is 12.3. The summed E-state index contributed by atoms with van der Waals surface area (Å²) in [4.78, 5) is 15.6. The van der Waals surface area contributed by atoms with Gasteiger partial charge in [-0.15, -0.1) is 11.3 Å². The van der Waals surface area contributed by atoms with Crippen molar-refractivity contribution in [2.24, 2.45) is 0 Å². The lowest BCUT2D eigenvalue weighted by Crippen LogP contribution is -2.28. The van der Waals surface area contributed by atoms with Gasteiger partial charge in [-0.1, -0.05) is 12.1 Å². The number of hydrogen-bond donors (Lipinski definition) is 1. The summed E-state index contributed by atoms with van der Waals surface area (Å²) >= 11 is 1.73. The molecule has 7 heteroatoms. The third-order valence-corrected chi connectivity index (χ3v) is 7.30. The summed E-state index contributed by atoms with van der Waals surface area (Å²) in [5.41, 5.74) is 3.53. The van der Waals surface area contributed by atoms with E-state index in [0.29, 0.717) is 12.0 Å². The smallest absolute Gasteiger partial charge is 0.223 e. The monoisotopic (exact) mass is 457 g/mol. The number of allylic oxidation sites excluding steroid dienone is 1. The number of aryl methyl sites for hydroxylation is 1. The van der Waals surface area contributed by atoms with Crippen molar-refractivity contribution in [1.82, 2.24) is 19.5 Å². The van der Waals surface area contributed by atoms with E-state index in [9.17, 15) is 4.39 Å². The average molecular weight is 458 g/mol. The molecule has 0 unspecified atom stereocenters. The molecule has 1 saturated carbocycles. The molecule has 5 nitrogen and oxygen atoms in total. The quantitative estimate of drug-likeness (QED) is 0.365.